The smallest absolute Gasteiger partial charge is 0.244 e. The molecule has 0 bridgehead atoms. The molecule has 57 heavy (non-hydrogen) atoms. The normalized spacial score (nSPS) is 14.0. The van der Waals surface area contributed by atoms with Crippen molar-refractivity contribution in [1.29, 1.82) is 0 Å². The molecule has 0 saturated carbocycles. The molecule has 3 aromatic heterocycles. The monoisotopic (exact) mass is 740 g/mol. The molecular formula is C52H44N4O. The fourth-order valence-corrected chi connectivity index (χ4v) is 9.71. The third kappa shape index (κ3) is 4.69. The van der Waals surface area contributed by atoms with Gasteiger partial charge >= 0.3 is 0 Å². The summed E-state index contributed by atoms with van der Waals surface area (Å²) in [6.07, 6.45) is 5.55. The maximum absolute atomic E-state index is 6.88. The Labute approximate surface area is 333 Å². The predicted molar refractivity (Wildman–Crippen MR) is 230 cm³/mol. The van der Waals surface area contributed by atoms with E-state index in [0.29, 0.717) is 0 Å². The summed E-state index contributed by atoms with van der Waals surface area (Å²) in [6, 6.07) is 48.8. The first kappa shape index (κ1) is 33.8. The molecule has 278 valence electrons. The summed E-state index contributed by atoms with van der Waals surface area (Å²) >= 11 is 0. The first-order valence-electron chi connectivity index (χ1n) is 19.9. The number of pyridine rings is 1. The van der Waals surface area contributed by atoms with Crippen molar-refractivity contribution in [2.75, 3.05) is 0 Å². The van der Waals surface area contributed by atoms with Crippen molar-refractivity contribution in [2.24, 2.45) is 7.05 Å². The van der Waals surface area contributed by atoms with E-state index in [1.165, 1.54) is 55.4 Å². The Bertz CT molecular complexity index is 3070. The van der Waals surface area contributed by atoms with Gasteiger partial charge in [0.15, 0.2) is 0 Å². The van der Waals surface area contributed by atoms with Crippen LogP contribution in [-0.4, -0.2) is 14.1 Å². The van der Waals surface area contributed by atoms with Crippen molar-refractivity contribution in [3.8, 4) is 34.1 Å². The summed E-state index contributed by atoms with van der Waals surface area (Å²) in [4.78, 5) is 4.74. The molecule has 1 aliphatic heterocycles. The molecule has 0 radical (unpaired) electrons. The first-order valence-corrected chi connectivity index (χ1v) is 19.9. The highest BCUT2D eigenvalue weighted by atomic mass is 16.5. The molecule has 0 saturated heterocycles. The second-order valence-corrected chi connectivity index (χ2v) is 17.9. The van der Waals surface area contributed by atoms with Gasteiger partial charge < -0.3 is 13.9 Å². The first-order chi connectivity index (χ1) is 27.4. The van der Waals surface area contributed by atoms with Gasteiger partial charge in [-0.1, -0.05) is 126 Å². The van der Waals surface area contributed by atoms with Gasteiger partial charge in [0, 0.05) is 23.0 Å². The number of benzene rings is 6. The van der Waals surface area contributed by atoms with E-state index in [9.17, 15) is 0 Å². The average Bonchev–Trinajstić information content (AvgIpc) is 3.82. The van der Waals surface area contributed by atoms with Gasteiger partial charge in [0.25, 0.3) is 0 Å². The van der Waals surface area contributed by atoms with E-state index in [1.54, 1.807) is 0 Å². The Balaban J connectivity index is 1.16. The molecule has 11 rings (SSSR count). The molecule has 4 heterocycles. The van der Waals surface area contributed by atoms with Crippen LogP contribution in [0.1, 0.15) is 74.9 Å². The number of imidazole rings is 1. The van der Waals surface area contributed by atoms with Crippen molar-refractivity contribution >= 4 is 32.8 Å². The van der Waals surface area contributed by atoms with E-state index in [0.717, 1.165) is 44.9 Å². The van der Waals surface area contributed by atoms with Crippen LogP contribution in [0.2, 0.25) is 0 Å². The fourth-order valence-electron chi connectivity index (χ4n) is 9.71. The molecule has 5 nitrogen and oxygen atoms in total. The van der Waals surface area contributed by atoms with Crippen molar-refractivity contribution in [1.82, 2.24) is 14.1 Å². The maximum atomic E-state index is 6.88. The SMILES string of the molecule is C[n+]1[c-]n2c3c(cccc31)C1(c3cc(C(C)(C)C)ccc3-c3ccc(C(C)(C)C)cc31)c1ccc(Oc3ccc4c5ccccc5n(-c5ccccn5)c4c3)cc1-2. The van der Waals surface area contributed by atoms with E-state index in [-0.39, 0.29) is 10.8 Å². The minimum Gasteiger partial charge on any atom is -0.458 e. The number of ether oxygens (including phenoxy) is 1. The fraction of sp³-hybridized carbons (Fsp3) is 0.192. The van der Waals surface area contributed by atoms with Gasteiger partial charge in [0.2, 0.25) is 6.33 Å². The third-order valence-corrected chi connectivity index (χ3v) is 12.5. The van der Waals surface area contributed by atoms with E-state index in [1.807, 2.05) is 18.3 Å². The highest BCUT2D eigenvalue weighted by Gasteiger charge is 2.50. The van der Waals surface area contributed by atoms with Crippen LogP contribution < -0.4 is 9.30 Å². The molecule has 0 N–H and O–H groups in total. The number of fused-ring (bicyclic) bond motifs is 12. The second kappa shape index (κ2) is 11.5. The zero-order valence-electron chi connectivity index (χ0n) is 33.5. The quantitative estimate of drug-likeness (QED) is 0.134. The topological polar surface area (TPSA) is 35.9 Å². The Morgan fingerprint density at radius 2 is 1.26 bits per heavy atom. The largest absolute Gasteiger partial charge is 0.458 e. The van der Waals surface area contributed by atoms with Crippen LogP contribution in [0.4, 0.5) is 0 Å². The summed E-state index contributed by atoms with van der Waals surface area (Å²) < 4.78 is 13.5. The Morgan fingerprint density at radius 1 is 0.596 bits per heavy atom. The standard InChI is InChI=1S/C52H44N4O/c1-50(2,3)32-18-22-36-37-23-19-33(51(4,5)6)28-43(37)52(42(36)27-32)40-25-21-35(30-47(40)55-31-54(7)45-16-12-14-41(52)49(45)55)57-34-20-24-39-38-13-8-9-15-44(38)56(46(39)29-34)48-17-10-11-26-53-48/h8-30H,1-7H3. The lowest BCUT2D eigenvalue weighted by Gasteiger charge is -2.41. The third-order valence-electron chi connectivity index (χ3n) is 12.5. The molecular weight excluding hydrogens is 697 g/mol. The number of para-hydroxylation sites is 2. The lowest BCUT2D eigenvalue weighted by atomic mass is 9.64. The predicted octanol–water partition coefficient (Wildman–Crippen LogP) is 11.8. The molecule has 9 aromatic rings. The summed E-state index contributed by atoms with van der Waals surface area (Å²) in [7, 11) is 2.10. The van der Waals surface area contributed by atoms with Crippen LogP contribution in [-0.2, 0) is 23.3 Å². The molecule has 0 amide bonds. The zero-order chi connectivity index (χ0) is 39.0. The summed E-state index contributed by atoms with van der Waals surface area (Å²) in [5.74, 6) is 2.41. The van der Waals surface area contributed by atoms with E-state index in [4.69, 9.17) is 9.72 Å². The van der Waals surface area contributed by atoms with Crippen LogP contribution >= 0.6 is 0 Å². The molecule has 0 atom stereocenters. The van der Waals surface area contributed by atoms with Crippen LogP contribution in [0.3, 0.4) is 0 Å². The molecule has 5 heteroatoms. The number of aromatic nitrogens is 4. The van der Waals surface area contributed by atoms with E-state index in [2.05, 4.69) is 190 Å². The van der Waals surface area contributed by atoms with Crippen LogP contribution in [0.15, 0.2) is 140 Å². The summed E-state index contributed by atoms with van der Waals surface area (Å²) in [5, 5.41) is 2.34. The molecule has 1 spiro atoms. The Kier molecular flexibility index (Phi) is 6.86. The van der Waals surface area contributed by atoms with Crippen molar-refractivity contribution in [3.63, 3.8) is 0 Å². The van der Waals surface area contributed by atoms with Gasteiger partial charge in [0.05, 0.1) is 40.2 Å². The van der Waals surface area contributed by atoms with Gasteiger partial charge in [0.1, 0.15) is 17.3 Å². The number of rotatable bonds is 3. The van der Waals surface area contributed by atoms with E-state index < -0.39 is 5.41 Å². The number of nitrogens with zero attached hydrogens (tertiary/aromatic N) is 4. The van der Waals surface area contributed by atoms with Gasteiger partial charge in [-0.3, -0.25) is 4.57 Å². The lowest BCUT2D eigenvalue weighted by molar-refractivity contribution is -0.649. The van der Waals surface area contributed by atoms with Crippen LogP contribution in [0.25, 0.3) is 55.5 Å². The van der Waals surface area contributed by atoms with Crippen molar-refractivity contribution in [3.05, 3.63) is 179 Å². The minimum absolute atomic E-state index is 0.0212. The number of hydrogen-bond donors (Lipinski definition) is 0. The highest BCUT2D eigenvalue weighted by molar-refractivity contribution is 6.09. The van der Waals surface area contributed by atoms with Crippen molar-refractivity contribution < 1.29 is 9.30 Å². The lowest BCUT2D eigenvalue weighted by Crippen LogP contribution is -2.34. The molecule has 6 aromatic carbocycles. The van der Waals surface area contributed by atoms with Crippen LogP contribution in [0, 0.1) is 6.33 Å². The zero-order valence-corrected chi connectivity index (χ0v) is 33.5. The van der Waals surface area contributed by atoms with Gasteiger partial charge in [-0.15, -0.1) is 0 Å². The van der Waals surface area contributed by atoms with Crippen molar-refractivity contribution in [2.45, 2.75) is 57.8 Å². The number of aryl methyl sites for hydroxylation is 1. The highest BCUT2D eigenvalue weighted by Crippen LogP contribution is 2.61. The molecule has 2 aliphatic rings. The Hall–Kier alpha value is -6.46. The van der Waals surface area contributed by atoms with Gasteiger partial charge in [-0.05, 0) is 97.8 Å². The Morgan fingerprint density at radius 3 is 1.96 bits per heavy atom. The van der Waals surface area contributed by atoms with E-state index >= 15 is 0 Å². The van der Waals surface area contributed by atoms with Gasteiger partial charge in [-0.25, -0.2) is 4.98 Å². The maximum Gasteiger partial charge on any atom is 0.244 e. The molecule has 1 aliphatic carbocycles. The molecule has 0 unspecified atom stereocenters. The van der Waals surface area contributed by atoms with Gasteiger partial charge in [-0.2, -0.15) is 0 Å². The number of hydrogen-bond acceptors (Lipinski definition) is 2. The second-order valence-electron chi connectivity index (χ2n) is 17.9. The summed E-state index contributed by atoms with van der Waals surface area (Å²) in [6.45, 7) is 13.9. The van der Waals surface area contributed by atoms with Crippen LogP contribution in [0.5, 0.6) is 11.5 Å². The molecule has 0 fully saturated rings. The minimum atomic E-state index is -0.557. The average molecular weight is 741 g/mol. The summed E-state index contributed by atoms with van der Waals surface area (Å²) in [5.41, 5.74) is 15.4.